The molecule has 0 bridgehead atoms. The molecule has 0 aliphatic rings. The van der Waals surface area contributed by atoms with Gasteiger partial charge < -0.3 is 0 Å². The number of fused-ring (bicyclic) bond motifs is 1. The molecular formula is C48H28. The van der Waals surface area contributed by atoms with Crippen LogP contribution in [0.1, 0.15) is 0 Å². The van der Waals surface area contributed by atoms with Gasteiger partial charge in [0.2, 0.25) is 0 Å². The van der Waals surface area contributed by atoms with Crippen LogP contribution in [0.25, 0.3) is 109 Å². The van der Waals surface area contributed by atoms with E-state index < -0.39 is 0 Å². The predicted octanol–water partition coefficient (Wildman–Crippen LogP) is 13.6. The molecule has 0 atom stereocenters. The fourth-order valence-corrected chi connectivity index (χ4v) is 8.60. The van der Waals surface area contributed by atoms with Crippen molar-refractivity contribution in [2.24, 2.45) is 0 Å². The fourth-order valence-electron chi connectivity index (χ4n) is 8.60. The molecule has 48 heavy (non-hydrogen) atoms. The van der Waals surface area contributed by atoms with Gasteiger partial charge in [-0.2, -0.15) is 0 Å². The lowest BCUT2D eigenvalue weighted by atomic mass is 9.85. The zero-order valence-corrected chi connectivity index (χ0v) is 26.2. The third kappa shape index (κ3) is 3.55. The van der Waals surface area contributed by atoms with Crippen LogP contribution in [0.4, 0.5) is 0 Å². The average Bonchev–Trinajstić information content (AvgIpc) is 3.15. The van der Waals surface area contributed by atoms with Crippen LogP contribution in [0.2, 0.25) is 0 Å². The second-order valence-electron chi connectivity index (χ2n) is 13.2. The van der Waals surface area contributed by atoms with Crippen LogP contribution in [-0.2, 0) is 0 Å². The van der Waals surface area contributed by atoms with Crippen LogP contribution in [-0.4, -0.2) is 0 Å². The summed E-state index contributed by atoms with van der Waals surface area (Å²) in [5.74, 6) is 0. The topological polar surface area (TPSA) is 0 Å². The summed E-state index contributed by atoms with van der Waals surface area (Å²) in [7, 11) is 0. The highest BCUT2D eigenvalue weighted by molar-refractivity contribution is 6.27. The van der Waals surface area contributed by atoms with Crippen molar-refractivity contribution in [1.29, 1.82) is 0 Å². The molecule has 0 nitrogen and oxygen atoms in total. The maximum atomic E-state index is 2.43. The summed E-state index contributed by atoms with van der Waals surface area (Å²) in [6.07, 6.45) is 0. The first-order valence-electron chi connectivity index (χ1n) is 16.8. The molecule has 0 fully saturated rings. The molecule has 0 saturated heterocycles. The van der Waals surface area contributed by atoms with Gasteiger partial charge in [0.1, 0.15) is 0 Å². The Kier molecular flexibility index (Phi) is 5.20. The standard InChI is InChI=1S/C48H28/c1-2-12-37-35(7-1)27-36(38-23-19-33-17-15-29-8-5-10-31-21-25-42(38)47(33)45(29)31)28-44(37)40-14-4-3-13-39(40)41-24-20-34-18-16-30-9-6-11-32-22-26-43(41)48(34)46(30)32/h1-28H. The molecule has 0 spiro atoms. The van der Waals surface area contributed by atoms with Gasteiger partial charge in [-0.1, -0.05) is 158 Å². The monoisotopic (exact) mass is 604 g/mol. The molecule has 0 radical (unpaired) electrons. The summed E-state index contributed by atoms with van der Waals surface area (Å²) in [4.78, 5) is 0. The Balaban J connectivity index is 1.19. The first-order chi connectivity index (χ1) is 23.8. The van der Waals surface area contributed by atoms with Crippen molar-refractivity contribution >= 4 is 75.4 Å². The third-order valence-electron chi connectivity index (χ3n) is 10.7. The largest absolute Gasteiger partial charge is 0.0616 e. The van der Waals surface area contributed by atoms with E-state index in [-0.39, 0.29) is 0 Å². The Morgan fingerprint density at radius 3 is 1.27 bits per heavy atom. The molecule has 0 N–H and O–H groups in total. The van der Waals surface area contributed by atoms with Crippen LogP contribution in [0.3, 0.4) is 0 Å². The number of hydrogen-bond donors (Lipinski definition) is 0. The van der Waals surface area contributed by atoms with Crippen molar-refractivity contribution in [3.63, 3.8) is 0 Å². The van der Waals surface area contributed by atoms with Gasteiger partial charge in [0.05, 0.1) is 0 Å². The molecule has 0 saturated carbocycles. The zero-order chi connectivity index (χ0) is 31.3. The van der Waals surface area contributed by atoms with Gasteiger partial charge in [0.25, 0.3) is 0 Å². The minimum Gasteiger partial charge on any atom is -0.0616 e. The highest BCUT2D eigenvalue weighted by Crippen LogP contribution is 2.45. The number of benzene rings is 11. The minimum absolute atomic E-state index is 1.24. The lowest BCUT2D eigenvalue weighted by molar-refractivity contribution is 1.62. The van der Waals surface area contributed by atoms with Gasteiger partial charge in [0.15, 0.2) is 0 Å². The Bertz CT molecular complexity index is 3020. The molecule has 0 heteroatoms. The van der Waals surface area contributed by atoms with Crippen molar-refractivity contribution in [2.75, 3.05) is 0 Å². The van der Waals surface area contributed by atoms with E-state index in [0.29, 0.717) is 0 Å². The maximum Gasteiger partial charge on any atom is -0.00206 e. The smallest absolute Gasteiger partial charge is 0.00206 e. The van der Waals surface area contributed by atoms with E-state index in [0.717, 1.165) is 0 Å². The average molecular weight is 605 g/mol. The normalized spacial score (nSPS) is 12.2. The second-order valence-corrected chi connectivity index (χ2v) is 13.2. The Morgan fingerprint density at radius 2 is 0.646 bits per heavy atom. The Hall–Kier alpha value is -6.24. The predicted molar refractivity (Wildman–Crippen MR) is 208 cm³/mol. The number of hydrogen-bond acceptors (Lipinski definition) is 0. The van der Waals surface area contributed by atoms with Gasteiger partial charge in [-0.15, -0.1) is 0 Å². The first-order valence-corrected chi connectivity index (χ1v) is 16.8. The summed E-state index contributed by atoms with van der Waals surface area (Å²) < 4.78 is 0. The van der Waals surface area contributed by atoms with Gasteiger partial charge in [-0.05, 0) is 121 Å². The van der Waals surface area contributed by atoms with Crippen LogP contribution in [0, 0.1) is 0 Å². The molecule has 0 unspecified atom stereocenters. The van der Waals surface area contributed by atoms with E-state index in [9.17, 15) is 0 Å². The molecule has 0 heterocycles. The van der Waals surface area contributed by atoms with Crippen molar-refractivity contribution in [1.82, 2.24) is 0 Å². The zero-order valence-electron chi connectivity index (χ0n) is 26.2. The fraction of sp³-hybridized carbons (Fsp3) is 0. The summed E-state index contributed by atoms with van der Waals surface area (Å²) in [6.45, 7) is 0. The van der Waals surface area contributed by atoms with E-state index in [1.54, 1.807) is 0 Å². The first kappa shape index (κ1) is 25.9. The SMILES string of the molecule is c1ccc(-c2ccc3ccc4cccc5ccc2c3c45)c(-c2cc(-c3ccc4ccc5cccc6ccc3c4c56)cc3ccccc23)c1. The molecular weight excluding hydrogens is 577 g/mol. The maximum absolute atomic E-state index is 2.43. The lowest BCUT2D eigenvalue weighted by Gasteiger charge is -2.19. The Labute approximate surface area is 277 Å². The minimum atomic E-state index is 1.24. The summed E-state index contributed by atoms with van der Waals surface area (Å²) in [5.41, 5.74) is 7.56. The summed E-state index contributed by atoms with van der Waals surface area (Å²) in [5, 5.41) is 18.3. The van der Waals surface area contributed by atoms with E-state index in [1.807, 2.05) is 0 Å². The van der Waals surface area contributed by atoms with E-state index >= 15 is 0 Å². The van der Waals surface area contributed by atoms with Crippen molar-refractivity contribution in [3.05, 3.63) is 170 Å². The van der Waals surface area contributed by atoms with Crippen LogP contribution in [0.5, 0.6) is 0 Å². The van der Waals surface area contributed by atoms with E-state index in [4.69, 9.17) is 0 Å². The highest BCUT2D eigenvalue weighted by atomic mass is 14.2. The summed E-state index contributed by atoms with van der Waals surface area (Å²) in [6, 6.07) is 63.5. The van der Waals surface area contributed by atoms with Gasteiger partial charge in [-0.25, -0.2) is 0 Å². The van der Waals surface area contributed by atoms with Crippen molar-refractivity contribution < 1.29 is 0 Å². The summed E-state index contributed by atoms with van der Waals surface area (Å²) >= 11 is 0. The van der Waals surface area contributed by atoms with Gasteiger partial charge in [-0.3, -0.25) is 0 Å². The van der Waals surface area contributed by atoms with Crippen LogP contribution in [0.15, 0.2) is 170 Å². The second kappa shape index (κ2) is 9.64. The van der Waals surface area contributed by atoms with Gasteiger partial charge in [0, 0.05) is 0 Å². The quantitative estimate of drug-likeness (QED) is 0.176. The van der Waals surface area contributed by atoms with Crippen LogP contribution < -0.4 is 0 Å². The molecule has 11 rings (SSSR count). The van der Waals surface area contributed by atoms with Crippen molar-refractivity contribution in [3.8, 4) is 33.4 Å². The lowest BCUT2D eigenvalue weighted by Crippen LogP contribution is -1.92. The molecule has 11 aromatic rings. The number of rotatable bonds is 3. The van der Waals surface area contributed by atoms with Gasteiger partial charge >= 0.3 is 0 Å². The third-order valence-corrected chi connectivity index (χ3v) is 10.7. The molecule has 220 valence electrons. The molecule has 0 aliphatic carbocycles. The van der Waals surface area contributed by atoms with E-state index in [2.05, 4.69) is 170 Å². The van der Waals surface area contributed by atoms with E-state index in [1.165, 1.54) is 109 Å². The molecule has 0 aliphatic heterocycles. The molecule has 0 aromatic heterocycles. The van der Waals surface area contributed by atoms with Crippen LogP contribution >= 0.6 is 0 Å². The molecule has 0 amide bonds. The van der Waals surface area contributed by atoms with Crippen molar-refractivity contribution in [2.45, 2.75) is 0 Å². The molecule has 11 aromatic carbocycles. The Morgan fingerprint density at radius 1 is 0.208 bits per heavy atom. The highest BCUT2D eigenvalue weighted by Gasteiger charge is 2.18.